The van der Waals surface area contributed by atoms with E-state index in [4.69, 9.17) is 10.5 Å². The molecule has 3 aromatic carbocycles. The highest BCUT2D eigenvalue weighted by Gasteiger charge is 2.04. The summed E-state index contributed by atoms with van der Waals surface area (Å²) in [6.45, 7) is 0.623. The van der Waals surface area contributed by atoms with Crippen molar-refractivity contribution in [1.82, 2.24) is 0 Å². The van der Waals surface area contributed by atoms with Crippen LogP contribution in [0, 0.1) is 0 Å². The van der Waals surface area contributed by atoms with Gasteiger partial charge in [-0.2, -0.15) is 0 Å². The molecule has 0 atom stereocenters. The van der Waals surface area contributed by atoms with Gasteiger partial charge in [0.1, 0.15) is 11.5 Å². The van der Waals surface area contributed by atoms with Crippen LogP contribution in [0.5, 0.6) is 11.5 Å². The lowest BCUT2D eigenvalue weighted by molar-refractivity contribution is 0.477. The molecule has 0 aliphatic rings. The number of ether oxygens (including phenoxy) is 1. The maximum Gasteiger partial charge on any atom is 0.130 e. The molecule has 0 fully saturated rings. The molecule has 0 bridgehead atoms. The normalized spacial score (nSPS) is 10.7. The Morgan fingerprint density at radius 1 is 0.800 bits per heavy atom. The highest BCUT2D eigenvalue weighted by atomic mass is 16.5. The number of nitrogens with two attached hydrogens (primary N) is 1. The zero-order valence-corrected chi connectivity index (χ0v) is 11.3. The average Bonchev–Trinajstić information content (AvgIpc) is 2.49. The van der Waals surface area contributed by atoms with Gasteiger partial charge in [0.25, 0.3) is 0 Å². The average molecular weight is 263 g/mol. The van der Waals surface area contributed by atoms with Gasteiger partial charge in [0.05, 0.1) is 0 Å². The van der Waals surface area contributed by atoms with E-state index in [-0.39, 0.29) is 0 Å². The van der Waals surface area contributed by atoms with Crippen molar-refractivity contribution in [3.63, 3.8) is 0 Å². The van der Waals surface area contributed by atoms with Crippen molar-refractivity contribution in [3.05, 3.63) is 72.3 Å². The molecule has 0 saturated heterocycles. The first-order valence-electron chi connectivity index (χ1n) is 6.81. The van der Waals surface area contributed by atoms with E-state index in [0.29, 0.717) is 6.54 Å². The third kappa shape index (κ3) is 2.65. The summed E-state index contributed by atoms with van der Waals surface area (Å²) >= 11 is 0. The molecule has 0 saturated carbocycles. The molecule has 0 radical (unpaired) electrons. The van der Waals surface area contributed by atoms with Gasteiger partial charge in [-0.25, -0.2) is 0 Å². The second-order valence-corrected chi connectivity index (χ2v) is 4.76. The molecule has 3 aromatic rings. The summed E-state index contributed by atoms with van der Waals surface area (Å²) in [4.78, 5) is 0. The molecule has 3 rings (SSSR count). The van der Waals surface area contributed by atoms with Gasteiger partial charge in [-0.05, 0) is 47.5 Å². The summed E-state index contributed by atoms with van der Waals surface area (Å²) in [5, 5.41) is 2.40. The highest BCUT2D eigenvalue weighted by molar-refractivity contribution is 5.83. The molecule has 2 heteroatoms. The minimum atomic E-state index is 0.623. The minimum absolute atomic E-state index is 0.623. The van der Waals surface area contributed by atoms with Gasteiger partial charge in [-0.1, -0.05) is 48.5 Å². The lowest BCUT2D eigenvalue weighted by Gasteiger charge is -2.11. The van der Waals surface area contributed by atoms with Crippen molar-refractivity contribution in [2.75, 3.05) is 6.54 Å². The quantitative estimate of drug-likeness (QED) is 0.768. The Labute approximate surface area is 118 Å². The lowest BCUT2D eigenvalue weighted by atomic mass is 10.1. The molecule has 0 aliphatic heterocycles. The Hall–Kier alpha value is -2.32. The summed E-state index contributed by atoms with van der Waals surface area (Å²) < 4.78 is 6.01. The molecule has 2 N–H and O–H groups in total. The van der Waals surface area contributed by atoms with Crippen molar-refractivity contribution in [2.24, 2.45) is 5.73 Å². The Bertz CT molecular complexity index is 721. The van der Waals surface area contributed by atoms with E-state index in [1.165, 1.54) is 10.8 Å². The van der Waals surface area contributed by atoms with Crippen LogP contribution in [0.25, 0.3) is 10.8 Å². The molecule has 0 heterocycles. The Kier molecular flexibility index (Phi) is 3.66. The SMILES string of the molecule is NCCc1ccccc1Oc1ccc2ccccc2c1. The third-order valence-electron chi connectivity index (χ3n) is 3.34. The first-order valence-corrected chi connectivity index (χ1v) is 6.81. The van der Waals surface area contributed by atoms with E-state index in [1.54, 1.807) is 0 Å². The molecule has 100 valence electrons. The number of para-hydroxylation sites is 1. The van der Waals surface area contributed by atoms with Crippen LogP contribution >= 0.6 is 0 Å². The Morgan fingerprint density at radius 3 is 2.40 bits per heavy atom. The fraction of sp³-hybridized carbons (Fsp3) is 0.111. The van der Waals surface area contributed by atoms with Crippen molar-refractivity contribution in [2.45, 2.75) is 6.42 Å². The number of hydrogen-bond donors (Lipinski definition) is 1. The fourth-order valence-corrected chi connectivity index (χ4v) is 2.32. The predicted molar refractivity (Wildman–Crippen MR) is 83.2 cm³/mol. The monoisotopic (exact) mass is 263 g/mol. The van der Waals surface area contributed by atoms with Crippen LogP contribution in [0.4, 0.5) is 0 Å². The van der Waals surface area contributed by atoms with Crippen LogP contribution in [-0.2, 0) is 6.42 Å². The standard InChI is InChI=1S/C18H17NO/c19-12-11-15-6-3-4-8-18(15)20-17-10-9-14-5-1-2-7-16(14)13-17/h1-10,13H,11-12,19H2. The zero-order chi connectivity index (χ0) is 13.8. The van der Waals surface area contributed by atoms with Crippen molar-refractivity contribution < 1.29 is 4.74 Å². The summed E-state index contributed by atoms with van der Waals surface area (Å²) in [7, 11) is 0. The second kappa shape index (κ2) is 5.76. The van der Waals surface area contributed by atoms with Crippen LogP contribution in [-0.4, -0.2) is 6.54 Å². The van der Waals surface area contributed by atoms with E-state index in [0.717, 1.165) is 23.5 Å². The van der Waals surface area contributed by atoms with Gasteiger partial charge < -0.3 is 10.5 Å². The summed E-state index contributed by atoms with van der Waals surface area (Å²) in [5.74, 6) is 1.74. The topological polar surface area (TPSA) is 35.2 Å². The van der Waals surface area contributed by atoms with Gasteiger partial charge in [0.15, 0.2) is 0 Å². The van der Waals surface area contributed by atoms with Gasteiger partial charge in [0.2, 0.25) is 0 Å². The first-order chi connectivity index (χ1) is 9.86. The van der Waals surface area contributed by atoms with Crippen LogP contribution in [0.1, 0.15) is 5.56 Å². The lowest BCUT2D eigenvalue weighted by Crippen LogP contribution is -2.03. The summed E-state index contributed by atoms with van der Waals surface area (Å²) in [5.41, 5.74) is 6.78. The van der Waals surface area contributed by atoms with E-state index in [9.17, 15) is 0 Å². The molecule has 0 aliphatic carbocycles. The largest absolute Gasteiger partial charge is 0.457 e. The predicted octanol–water partition coefficient (Wildman–Crippen LogP) is 4.13. The van der Waals surface area contributed by atoms with Gasteiger partial charge in [-0.15, -0.1) is 0 Å². The molecule has 0 spiro atoms. The van der Waals surface area contributed by atoms with Gasteiger partial charge in [0, 0.05) is 0 Å². The maximum absolute atomic E-state index is 6.01. The van der Waals surface area contributed by atoms with Crippen LogP contribution in [0.2, 0.25) is 0 Å². The van der Waals surface area contributed by atoms with Gasteiger partial charge >= 0.3 is 0 Å². The molecule has 0 aromatic heterocycles. The first kappa shape index (κ1) is 12.7. The van der Waals surface area contributed by atoms with Crippen molar-refractivity contribution in [3.8, 4) is 11.5 Å². The van der Waals surface area contributed by atoms with Gasteiger partial charge in [-0.3, -0.25) is 0 Å². The number of fused-ring (bicyclic) bond motifs is 1. The van der Waals surface area contributed by atoms with Crippen LogP contribution in [0.15, 0.2) is 66.7 Å². The number of rotatable bonds is 4. The van der Waals surface area contributed by atoms with Crippen LogP contribution < -0.4 is 10.5 Å². The van der Waals surface area contributed by atoms with E-state index in [1.807, 2.05) is 36.4 Å². The smallest absolute Gasteiger partial charge is 0.130 e. The molecule has 20 heavy (non-hydrogen) atoms. The number of hydrogen-bond acceptors (Lipinski definition) is 2. The Balaban J connectivity index is 1.93. The van der Waals surface area contributed by atoms with E-state index >= 15 is 0 Å². The maximum atomic E-state index is 6.01. The minimum Gasteiger partial charge on any atom is -0.457 e. The van der Waals surface area contributed by atoms with E-state index < -0.39 is 0 Å². The summed E-state index contributed by atoms with van der Waals surface area (Å²) in [6.07, 6.45) is 0.823. The van der Waals surface area contributed by atoms with Crippen molar-refractivity contribution >= 4 is 10.8 Å². The Morgan fingerprint density at radius 2 is 1.55 bits per heavy atom. The van der Waals surface area contributed by atoms with Crippen LogP contribution in [0.3, 0.4) is 0 Å². The molecule has 0 unspecified atom stereocenters. The number of benzene rings is 3. The third-order valence-corrected chi connectivity index (χ3v) is 3.34. The van der Waals surface area contributed by atoms with E-state index in [2.05, 4.69) is 30.3 Å². The van der Waals surface area contributed by atoms with Crippen molar-refractivity contribution in [1.29, 1.82) is 0 Å². The fourth-order valence-electron chi connectivity index (χ4n) is 2.32. The zero-order valence-electron chi connectivity index (χ0n) is 11.3. The second-order valence-electron chi connectivity index (χ2n) is 4.76. The molecule has 2 nitrogen and oxygen atoms in total. The molecule has 0 amide bonds. The highest BCUT2D eigenvalue weighted by Crippen LogP contribution is 2.28. The summed E-state index contributed by atoms with van der Waals surface area (Å²) in [6, 6.07) is 22.5. The molecular formula is C18H17NO. The molecular weight excluding hydrogens is 246 g/mol.